The number of unbranched alkanes of at least 4 members (excludes halogenated alkanes) is 1. The molecule has 2 aromatic rings. The summed E-state index contributed by atoms with van der Waals surface area (Å²) >= 11 is 0. The third-order valence-corrected chi connectivity index (χ3v) is 5.40. The Bertz CT molecular complexity index is 863. The van der Waals surface area contributed by atoms with Crippen molar-refractivity contribution in [3.63, 3.8) is 0 Å². The van der Waals surface area contributed by atoms with Gasteiger partial charge in [-0.05, 0) is 49.6 Å². The Balaban J connectivity index is 1.48. The van der Waals surface area contributed by atoms with Gasteiger partial charge in [-0.1, -0.05) is 44.7 Å². The number of hydrogen-bond donors (Lipinski definition) is 3. The number of benzene rings is 2. The maximum Gasteiger partial charge on any atom is 0.251 e. The second kappa shape index (κ2) is 12.0. The molecule has 2 amide bonds. The summed E-state index contributed by atoms with van der Waals surface area (Å²) in [6.07, 6.45) is 7.78. The van der Waals surface area contributed by atoms with Gasteiger partial charge in [0.2, 0.25) is 5.91 Å². The molecule has 0 bridgehead atoms. The summed E-state index contributed by atoms with van der Waals surface area (Å²) in [5.74, 6) is 0.526. The molecule has 0 saturated heterocycles. The Labute approximate surface area is 184 Å². The third kappa shape index (κ3) is 7.63. The van der Waals surface area contributed by atoms with E-state index in [-0.39, 0.29) is 24.4 Å². The van der Waals surface area contributed by atoms with E-state index >= 15 is 0 Å². The van der Waals surface area contributed by atoms with Crippen molar-refractivity contribution >= 4 is 23.2 Å². The molecule has 0 radical (unpaired) electrons. The van der Waals surface area contributed by atoms with Crippen molar-refractivity contribution in [1.82, 2.24) is 5.32 Å². The van der Waals surface area contributed by atoms with Crippen molar-refractivity contribution in [2.45, 2.75) is 57.9 Å². The SMILES string of the molecule is CCCCOc1cccc(NC(=O)CNc2cccc(C(=O)NC3CCCCC3)c2)c1. The van der Waals surface area contributed by atoms with Crippen molar-refractivity contribution in [3.05, 3.63) is 54.1 Å². The molecule has 6 nitrogen and oxygen atoms in total. The fourth-order valence-corrected chi connectivity index (χ4v) is 3.67. The van der Waals surface area contributed by atoms with E-state index < -0.39 is 0 Å². The standard InChI is InChI=1S/C25H33N3O3/c1-2-3-15-31-23-14-8-13-22(17-23)27-24(29)18-26-21-12-7-9-19(16-21)25(30)28-20-10-5-4-6-11-20/h7-9,12-14,16-17,20,26H,2-6,10-11,15,18H2,1H3,(H,27,29)(H,28,30). The first-order chi connectivity index (χ1) is 15.1. The first-order valence-electron chi connectivity index (χ1n) is 11.3. The molecule has 0 spiro atoms. The molecule has 0 aromatic heterocycles. The summed E-state index contributed by atoms with van der Waals surface area (Å²) in [5.41, 5.74) is 2.04. The molecular formula is C25H33N3O3. The highest BCUT2D eigenvalue weighted by Crippen LogP contribution is 2.19. The number of amides is 2. The van der Waals surface area contributed by atoms with Crippen LogP contribution in [0.5, 0.6) is 5.75 Å². The van der Waals surface area contributed by atoms with Crippen LogP contribution in [0.25, 0.3) is 0 Å². The largest absolute Gasteiger partial charge is 0.494 e. The summed E-state index contributed by atoms with van der Waals surface area (Å²) in [6.45, 7) is 2.89. The van der Waals surface area contributed by atoms with Crippen LogP contribution in [0.2, 0.25) is 0 Å². The van der Waals surface area contributed by atoms with E-state index in [2.05, 4.69) is 22.9 Å². The van der Waals surface area contributed by atoms with Gasteiger partial charge in [-0.2, -0.15) is 0 Å². The smallest absolute Gasteiger partial charge is 0.251 e. The van der Waals surface area contributed by atoms with Crippen LogP contribution >= 0.6 is 0 Å². The molecule has 1 aliphatic carbocycles. The molecule has 0 atom stereocenters. The van der Waals surface area contributed by atoms with Crippen LogP contribution in [0.1, 0.15) is 62.2 Å². The molecular weight excluding hydrogens is 390 g/mol. The minimum Gasteiger partial charge on any atom is -0.494 e. The van der Waals surface area contributed by atoms with Crippen molar-refractivity contribution in [1.29, 1.82) is 0 Å². The van der Waals surface area contributed by atoms with Crippen LogP contribution < -0.4 is 20.7 Å². The average Bonchev–Trinajstić information content (AvgIpc) is 2.79. The van der Waals surface area contributed by atoms with Gasteiger partial charge in [0.25, 0.3) is 5.91 Å². The first kappa shape index (κ1) is 22.7. The van der Waals surface area contributed by atoms with Crippen LogP contribution in [0.15, 0.2) is 48.5 Å². The summed E-state index contributed by atoms with van der Waals surface area (Å²) in [6, 6.07) is 14.9. The summed E-state index contributed by atoms with van der Waals surface area (Å²) in [5, 5.41) is 9.10. The van der Waals surface area contributed by atoms with Crippen LogP contribution in [-0.2, 0) is 4.79 Å². The van der Waals surface area contributed by atoms with Gasteiger partial charge in [-0.3, -0.25) is 9.59 Å². The number of hydrogen-bond acceptors (Lipinski definition) is 4. The number of carbonyl (C=O) groups excluding carboxylic acids is 2. The maximum absolute atomic E-state index is 12.5. The number of anilines is 2. The molecule has 3 N–H and O–H groups in total. The number of carbonyl (C=O) groups is 2. The zero-order valence-electron chi connectivity index (χ0n) is 18.3. The lowest BCUT2D eigenvalue weighted by molar-refractivity contribution is -0.114. The number of rotatable bonds is 10. The predicted molar refractivity (Wildman–Crippen MR) is 125 cm³/mol. The first-order valence-corrected chi connectivity index (χ1v) is 11.3. The van der Waals surface area contributed by atoms with Crippen LogP contribution in [0, 0.1) is 0 Å². The van der Waals surface area contributed by atoms with E-state index in [1.54, 1.807) is 12.1 Å². The quantitative estimate of drug-likeness (QED) is 0.471. The second-order valence-corrected chi connectivity index (χ2v) is 8.02. The van der Waals surface area contributed by atoms with E-state index in [9.17, 15) is 9.59 Å². The molecule has 0 heterocycles. The Hall–Kier alpha value is -3.02. The van der Waals surface area contributed by atoms with Gasteiger partial charge in [-0.15, -0.1) is 0 Å². The zero-order valence-corrected chi connectivity index (χ0v) is 18.3. The van der Waals surface area contributed by atoms with Crippen LogP contribution in [0.3, 0.4) is 0 Å². The fourth-order valence-electron chi connectivity index (χ4n) is 3.67. The Morgan fingerprint density at radius 3 is 2.58 bits per heavy atom. The van der Waals surface area contributed by atoms with Crippen molar-refractivity contribution < 1.29 is 14.3 Å². The minimum atomic E-state index is -0.164. The van der Waals surface area contributed by atoms with Gasteiger partial charge in [-0.25, -0.2) is 0 Å². The van der Waals surface area contributed by atoms with Crippen molar-refractivity contribution in [3.8, 4) is 5.75 Å². The molecule has 166 valence electrons. The summed E-state index contributed by atoms with van der Waals surface area (Å²) in [7, 11) is 0. The van der Waals surface area contributed by atoms with Gasteiger partial charge < -0.3 is 20.7 Å². The highest BCUT2D eigenvalue weighted by molar-refractivity contribution is 5.96. The summed E-state index contributed by atoms with van der Waals surface area (Å²) in [4.78, 5) is 24.9. The van der Waals surface area contributed by atoms with Gasteiger partial charge in [0.1, 0.15) is 5.75 Å². The molecule has 1 saturated carbocycles. The molecule has 2 aromatic carbocycles. The van der Waals surface area contributed by atoms with Crippen LogP contribution in [0.4, 0.5) is 11.4 Å². The monoisotopic (exact) mass is 423 g/mol. The molecule has 3 rings (SSSR count). The lowest BCUT2D eigenvalue weighted by atomic mass is 9.95. The molecule has 1 aliphatic rings. The fraction of sp³-hybridized carbons (Fsp3) is 0.440. The highest BCUT2D eigenvalue weighted by atomic mass is 16.5. The Morgan fingerprint density at radius 1 is 1.00 bits per heavy atom. The molecule has 31 heavy (non-hydrogen) atoms. The van der Waals surface area contributed by atoms with Crippen molar-refractivity contribution in [2.75, 3.05) is 23.8 Å². The number of ether oxygens (including phenoxy) is 1. The average molecular weight is 424 g/mol. The Kier molecular flexibility index (Phi) is 8.76. The number of nitrogens with one attached hydrogen (secondary N) is 3. The van der Waals surface area contributed by atoms with E-state index in [1.165, 1.54) is 19.3 Å². The van der Waals surface area contributed by atoms with Crippen molar-refractivity contribution in [2.24, 2.45) is 0 Å². The van der Waals surface area contributed by atoms with Gasteiger partial charge in [0.15, 0.2) is 0 Å². The normalized spacial score (nSPS) is 14.0. The zero-order chi connectivity index (χ0) is 21.9. The van der Waals surface area contributed by atoms with E-state index in [0.29, 0.717) is 17.9 Å². The van der Waals surface area contributed by atoms with E-state index in [1.807, 2.05) is 36.4 Å². The lowest BCUT2D eigenvalue weighted by Gasteiger charge is -2.22. The molecule has 6 heteroatoms. The molecule has 0 unspecified atom stereocenters. The lowest BCUT2D eigenvalue weighted by Crippen LogP contribution is -2.36. The van der Waals surface area contributed by atoms with E-state index in [0.717, 1.165) is 37.1 Å². The third-order valence-electron chi connectivity index (χ3n) is 5.40. The molecule has 1 fully saturated rings. The van der Waals surface area contributed by atoms with E-state index in [4.69, 9.17) is 4.74 Å². The van der Waals surface area contributed by atoms with Gasteiger partial charge >= 0.3 is 0 Å². The highest BCUT2D eigenvalue weighted by Gasteiger charge is 2.16. The van der Waals surface area contributed by atoms with Gasteiger partial charge in [0.05, 0.1) is 13.2 Å². The van der Waals surface area contributed by atoms with Crippen LogP contribution in [-0.4, -0.2) is 31.0 Å². The molecule has 0 aliphatic heterocycles. The maximum atomic E-state index is 12.5. The predicted octanol–water partition coefficient (Wildman–Crippen LogP) is 4.98. The second-order valence-electron chi connectivity index (χ2n) is 8.02. The summed E-state index contributed by atoms with van der Waals surface area (Å²) < 4.78 is 5.68. The Morgan fingerprint density at radius 2 is 1.77 bits per heavy atom. The van der Waals surface area contributed by atoms with Gasteiger partial charge in [0, 0.05) is 29.0 Å². The minimum absolute atomic E-state index is 0.0557. The topological polar surface area (TPSA) is 79.5 Å².